The summed E-state index contributed by atoms with van der Waals surface area (Å²) in [6.07, 6.45) is 2.05. The van der Waals surface area contributed by atoms with Gasteiger partial charge in [0.2, 0.25) is 0 Å². The van der Waals surface area contributed by atoms with Gasteiger partial charge in [-0.25, -0.2) is 13.6 Å². The quantitative estimate of drug-likeness (QED) is 0.422. The number of carbonyl (C=O) groups is 2. The Morgan fingerprint density at radius 2 is 2.09 bits per heavy atom. The van der Waals surface area contributed by atoms with E-state index in [-0.39, 0.29) is 39.9 Å². The Bertz CT molecular complexity index is 985. The van der Waals surface area contributed by atoms with Crippen molar-refractivity contribution in [1.29, 1.82) is 0 Å². The first kappa shape index (κ1) is 24.0. The molecule has 3 rings (SSSR count). The van der Waals surface area contributed by atoms with Crippen LogP contribution < -0.4 is 16.4 Å². The van der Waals surface area contributed by atoms with E-state index in [2.05, 4.69) is 19.9 Å². The lowest BCUT2D eigenvalue weighted by molar-refractivity contribution is 0.100. The highest BCUT2D eigenvalue weighted by molar-refractivity contribution is 7.11. The minimum atomic E-state index is -0.815. The van der Waals surface area contributed by atoms with E-state index in [0.29, 0.717) is 13.1 Å². The molecule has 2 aromatic rings. The van der Waals surface area contributed by atoms with Gasteiger partial charge in [0.15, 0.2) is 0 Å². The maximum Gasteiger partial charge on any atom is 0.319 e. The van der Waals surface area contributed by atoms with Gasteiger partial charge < -0.3 is 21.1 Å². The lowest BCUT2D eigenvalue weighted by Crippen LogP contribution is -2.31. The second-order valence-electron chi connectivity index (χ2n) is 7.90. The normalized spacial score (nSPS) is 16.3. The van der Waals surface area contributed by atoms with Crippen LogP contribution in [0, 0.1) is 18.6 Å². The van der Waals surface area contributed by atoms with Crippen molar-refractivity contribution in [3.63, 3.8) is 0 Å². The molecule has 1 saturated heterocycles. The fraction of sp³-hybridized carbons (Fsp3) is 0.476. The number of benzene rings is 1. The summed E-state index contributed by atoms with van der Waals surface area (Å²) >= 11 is 0.857. The topological polar surface area (TPSA) is 121 Å². The molecular formula is C21H27F2N5O3S. The standard InChI is InChI=1S/C21H27F2N5O3S/c1-12-8-16(23)13(9-15(12)22)10-17-18(19(24)30)20(32-27-17)26-21(31)25-5-2-3-6-28-7-4-14(29)11-28/h8-9,14,29H,2-7,10-11H2,1H3,(H2,24,30)(H2,25,26,31). The van der Waals surface area contributed by atoms with Crippen molar-refractivity contribution in [3.8, 4) is 0 Å². The molecule has 1 aromatic heterocycles. The lowest BCUT2D eigenvalue weighted by Gasteiger charge is -2.14. The number of nitrogens with one attached hydrogen (secondary N) is 2. The fourth-order valence-electron chi connectivity index (χ4n) is 3.61. The number of primary amides is 1. The first-order valence-electron chi connectivity index (χ1n) is 10.4. The van der Waals surface area contributed by atoms with Crippen molar-refractivity contribution in [1.82, 2.24) is 14.6 Å². The number of carbonyl (C=O) groups excluding carboxylic acids is 2. The molecule has 2 heterocycles. The molecule has 0 bridgehead atoms. The minimum Gasteiger partial charge on any atom is -0.392 e. The summed E-state index contributed by atoms with van der Waals surface area (Å²) in [6.45, 7) is 4.33. The lowest BCUT2D eigenvalue weighted by atomic mass is 10.0. The summed E-state index contributed by atoms with van der Waals surface area (Å²) in [5.41, 5.74) is 5.84. The number of hydrogen-bond acceptors (Lipinski definition) is 6. The van der Waals surface area contributed by atoms with Crippen molar-refractivity contribution in [2.75, 3.05) is 31.5 Å². The van der Waals surface area contributed by atoms with Crippen LogP contribution in [0.4, 0.5) is 18.6 Å². The number of anilines is 1. The molecule has 1 atom stereocenters. The van der Waals surface area contributed by atoms with E-state index in [9.17, 15) is 23.5 Å². The summed E-state index contributed by atoms with van der Waals surface area (Å²) in [7, 11) is 0. The van der Waals surface area contributed by atoms with E-state index >= 15 is 0 Å². The zero-order chi connectivity index (χ0) is 23.3. The molecule has 174 valence electrons. The van der Waals surface area contributed by atoms with Crippen LogP contribution in [0.5, 0.6) is 0 Å². The van der Waals surface area contributed by atoms with E-state index in [4.69, 9.17) is 5.73 Å². The largest absolute Gasteiger partial charge is 0.392 e. The molecule has 1 aromatic carbocycles. The predicted octanol–water partition coefficient (Wildman–Crippen LogP) is 2.39. The van der Waals surface area contributed by atoms with Crippen LogP contribution in [-0.4, -0.2) is 58.6 Å². The Balaban J connectivity index is 1.54. The number of aromatic nitrogens is 1. The summed E-state index contributed by atoms with van der Waals surface area (Å²) in [5.74, 6) is -1.98. The number of amides is 3. The zero-order valence-electron chi connectivity index (χ0n) is 17.8. The number of unbranched alkanes of at least 4 members (excludes halogenated alkanes) is 1. The maximum atomic E-state index is 14.2. The number of aliphatic hydroxyl groups excluding tert-OH is 1. The Morgan fingerprint density at radius 1 is 1.31 bits per heavy atom. The molecule has 3 amide bonds. The second-order valence-corrected chi connectivity index (χ2v) is 8.67. The summed E-state index contributed by atoms with van der Waals surface area (Å²) in [6, 6.07) is 1.64. The molecule has 1 aliphatic heterocycles. The number of hydrogen-bond donors (Lipinski definition) is 4. The smallest absolute Gasteiger partial charge is 0.319 e. The number of aryl methyl sites for hydroxylation is 1. The van der Waals surface area contributed by atoms with Gasteiger partial charge in [-0.15, -0.1) is 0 Å². The summed E-state index contributed by atoms with van der Waals surface area (Å²) in [5, 5.41) is 15.0. The molecule has 11 heteroatoms. The van der Waals surface area contributed by atoms with Gasteiger partial charge in [-0.05, 0) is 67.5 Å². The highest BCUT2D eigenvalue weighted by Crippen LogP contribution is 2.27. The SMILES string of the molecule is Cc1cc(F)c(Cc2nsc(NC(=O)NCCCCN3CCC(O)C3)c2C(N)=O)cc1F. The van der Waals surface area contributed by atoms with Gasteiger partial charge >= 0.3 is 6.03 Å². The third-order valence-electron chi connectivity index (χ3n) is 5.36. The number of urea groups is 1. The van der Waals surface area contributed by atoms with Gasteiger partial charge in [0.1, 0.15) is 16.6 Å². The Hall–Kier alpha value is -2.63. The highest BCUT2D eigenvalue weighted by Gasteiger charge is 2.22. The van der Waals surface area contributed by atoms with Crippen LogP contribution in [0.1, 0.15) is 46.4 Å². The van der Waals surface area contributed by atoms with Crippen LogP contribution in [0.25, 0.3) is 0 Å². The Labute approximate surface area is 189 Å². The molecule has 1 fully saturated rings. The van der Waals surface area contributed by atoms with Crippen LogP contribution in [0.3, 0.4) is 0 Å². The van der Waals surface area contributed by atoms with Crippen molar-refractivity contribution >= 4 is 28.5 Å². The average Bonchev–Trinajstić information content (AvgIpc) is 3.31. The molecule has 0 spiro atoms. The monoisotopic (exact) mass is 467 g/mol. The minimum absolute atomic E-state index is 0.0156. The number of halogens is 2. The van der Waals surface area contributed by atoms with Crippen LogP contribution in [-0.2, 0) is 6.42 Å². The summed E-state index contributed by atoms with van der Waals surface area (Å²) < 4.78 is 32.1. The van der Waals surface area contributed by atoms with E-state index < -0.39 is 23.6 Å². The van der Waals surface area contributed by atoms with Crippen molar-refractivity contribution < 1.29 is 23.5 Å². The number of nitrogens with two attached hydrogens (primary N) is 1. The fourth-order valence-corrected chi connectivity index (χ4v) is 4.42. The van der Waals surface area contributed by atoms with Gasteiger partial charge in [0, 0.05) is 26.1 Å². The third kappa shape index (κ3) is 6.21. The second kappa shape index (κ2) is 10.8. The Morgan fingerprint density at radius 3 is 2.78 bits per heavy atom. The maximum absolute atomic E-state index is 14.2. The van der Waals surface area contributed by atoms with E-state index in [1.165, 1.54) is 6.92 Å². The Kier molecular flexibility index (Phi) is 8.10. The highest BCUT2D eigenvalue weighted by atomic mass is 32.1. The molecule has 5 N–H and O–H groups in total. The van der Waals surface area contributed by atoms with Gasteiger partial charge in [-0.3, -0.25) is 10.1 Å². The average molecular weight is 468 g/mol. The molecule has 32 heavy (non-hydrogen) atoms. The van der Waals surface area contributed by atoms with Gasteiger partial charge in [-0.2, -0.15) is 4.37 Å². The zero-order valence-corrected chi connectivity index (χ0v) is 18.6. The van der Waals surface area contributed by atoms with E-state index in [1.807, 2.05) is 0 Å². The van der Waals surface area contributed by atoms with Gasteiger partial charge in [0.05, 0.1) is 17.4 Å². The molecule has 1 aliphatic rings. The number of likely N-dealkylation sites (tertiary alicyclic amines) is 1. The molecule has 0 radical (unpaired) electrons. The number of nitrogens with zero attached hydrogens (tertiary/aromatic N) is 2. The van der Waals surface area contributed by atoms with Crippen molar-refractivity contribution in [3.05, 3.63) is 46.2 Å². The van der Waals surface area contributed by atoms with Crippen molar-refractivity contribution in [2.24, 2.45) is 5.73 Å². The first-order chi connectivity index (χ1) is 15.2. The molecule has 0 aliphatic carbocycles. The number of rotatable bonds is 9. The van der Waals surface area contributed by atoms with Crippen LogP contribution in [0.2, 0.25) is 0 Å². The van der Waals surface area contributed by atoms with Crippen molar-refractivity contribution in [2.45, 2.75) is 38.7 Å². The van der Waals surface area contributed by atoms with Gasteiger partial charge in [0.25, 0.3) is 5.91 Å². The van der Waals surface area contributed by atoms with Crippen LogP contribution >= 0.6 is 11.5 Å². The summed E-state index contributed by atoms with van der Waals surface area (Å²) in [4.78, 5) is 26.3. The van der Waals surface area contributed by atoms with Gasteiger partial charge in [-0.1, -0.05) is 0 Å². The first-order valence-corrected chi connectivity index (χ1v) is 11.2. The number of β-amino-alcohol motifs (C(OH)–C–C–N with tert-alkyl or cyclic N) is 1. The molecule has 0 saturated carbocycles. The molecular weight excluding hydrogens is 440 g/mol. The van der Waals surface area contributed by atoms with E-state index in [1.54, 1.807) is 0 Å². The van der Waals surface area contributed by atoms with Crippen LogP contribution in [0.15, 0.2) is 12.1 Å². The predicted molar refractivity (Wildman–Crippen MR) is 118 cm³/mol. The number of aliphatic hydroxyl groups is 1. The molecule has 8 nitrogen and oxygen atoms in total. The van der Waals surface area contributed by atoms with E-state index in [0.717, 1.165) is 56.0 Å². The third-order valence-corrected chi connectivity index (χ3v) is 6.16. The molecule has 1 unspecified atom stereocenters.